The van der Waals surface area contributed by atoms with Crippen LogP contribution in [-0.4, -0.2) is 9.97 Å². The third-order valence-corrected chi connectivity index (χ3v) is 4.18. The lowest BCUT2D eigenvalue weighted by molar-refractivity contribution is -0.137. The van der Waals surface area contributed by atoms with Gasteiger partial charge in [-0.1, -0.05) is 38.1 Å². The fraction of sp³-hybridized carbons (Fsp3) is 0.238. The van der Waals surface area contributed by atoms with Gasteiger partial charge in [-0.25, -0.2) is 4.98 Å². The van der Waals surface area contributed by atoms with E-state index < -0.39 is 11.7 Å². The zero-order chi connectivity index (χ0) is 20.3. The minimum absolute atomic E-state index is 0.0844. The van der Waals surface area contributed by atoms with Crippen LogP contribution in [0, 0.1) is 6.92 Å². The van der Waals surface area contributed by atoms with Gasteiger partial charge in [-0.05, 0) is 48.2 Å². The molecule has 2 aromatic carbocycles. The largest absolute Gasteiger partial charge is 0.421 e. The van der Waals surface area contributed by atoms with Crippen molar-refractivity contribution in [2.45, 2.75) is 32.9 Å². The Morgan fingerprint density at radius 2 is 1.61 bits per heavy atom. The first-order valence-electron chi connectivity index (χ1n) is 8.87. The maximum Gasteiger partial charge on any atom is 0.421 e. The molecular formula is C21H21F3N4. The van der Waals surface area contributed by atoms with Crippen molar-refractivity contribution < 1.29 is 13.2 Å². The topological polar surface area (TPSA) is 49.8 Å². The molecule has 0 saturated heterocycles. The van der Waals surface area contributed by atoms with E-state index in [4.69, 9.17) is 0 Å². The maximum atomic E-state index is 13.4. The Bertz CT molecular complexity index is 968. The third-order valence-electron chi connectivity index (χ3n) is 4.18. The molecule has 0 amide bonds. The highest BCUT2D eigenvalue weighted by Crippen LogP contribution is 2.35. The van der Waals surface area contributed by atoms with E-state index in [1.165, 1.54) is 0 Å². The molecule has 0 aliphatic carbocycles. The van der Waals surface area contributed by atoms with Crippen molar-refractivity contribution in [3.8, 4) is 0 Å². The normalized spacial score (nSPS) is 11.5. The maximum absolute atomic E-state index is 13.4. The zero-order valence-corrected chi connectivity index (χ0v) is 15.8. The average Bonchev–Trinajstić information content (AvgIpc) is 2.61. The van der Waals surface area contributed by atoms with Gasteiger partial charge < -0.3 is 10.6 Å². The van der Waals surface area contributed by atoms with Crippen LogP contribution in [0.3, 0.4) is 0 Å². The van der Waals surface area contributed by atoms with Gasteiger partial charge in [-0.2, -0.15) is 18.2 Å². The molecule has 0 aliphatic rings. The average molecular weight is 386 g/mol. The van der Waals surface area contributed by atoms with Gasteiger partial charge in [0.2, 0.25) is 5.95 Å². The second-order valence-electron chi connectivity index (χ2n) is 6.85. The number of rotatable bonds is 5. The first kappa shape index (κ1) is 19.7. The van der Waals surface area contributed by atoms with Gasteiger partial charge in [-0.3, -0.25) is 0 Å². The lowest BCUT2D eigenvalue weighted by Gasteiger charge is -2.16. The van der Waals surface area contributed by atoms with Crippen LogP contribution >= 0.6 is 0 Å². The van der Waals surface area contributed by atoms with Gasteiger partial charge in [0.25, 0.3) is 0 Å². The van der Waals surface area contributed by atoms with E-state index in [9.17, 15) is 13.2 Å². The number of aromatic nitrogens is 2. The number of nitrogens with one attached hydrogen (secondary N) is 2. The molecule has 0 aliphatic heterocycles. The molecular weight excluding hydrogens is 365 g/mol. The molecule has 0 radical (unpaired) electrons. The van der Waals surface area contributed by atoms with E-state index in [1.54, 1.807) is 18.2 Å². The van der Waals surface area contributed by atoms with E-state index >= 15 is 0 Å². The van der Waals surface area contributed by atoms with Crippen molar-refractivity contribution in [3.05, 3.63) is 71.4 Å². The van der Waals surface area contributed by atoms with Crippen LogP contribution in [0.2, 0.25) is 0 Å². The molecule has 0 bridgehead atoms. The summed E-state index contributed by atoms with van der Waals surface area (Å²) in [6, 6.07) is 14.7. The van der Waals surface area contributed by atoms with Gasteiger partial charge in [0.1, 0.15) is 11.4 Å². The van der Waals surface area contributed by atoms with E-state index in [0.717, 1.165) is 17.3 Å². The molecule has 0 spiro atoms. The summed E-state index contributed by atoms with van der Waals surface area (Å²) < 4.78 is 40.3. The van der Waals surface area contributed by atoms with E-state index in [2.05, 4.69) is 20.6 Å². The predicted octanol–water partition coefficient (Wildman–Crippen LogP) is 6.41. The SMILES string of the molecule is Cc1cccc(Nc2ncc(C(F)(F)F)c(Nc3cccc(C(C)C)c3)n2)c1. The molecule has 28 heavy (non-hydrogen) atoms. The number of hydrogen-bond acceptors (Lipinski definition) is 4. The van der Waals surface area contributed by atoms with Crippen LogP contribution in [0.15, 0.2) is 54.7 Å². The predicted molar refractivity (Wildman–Crippen MR) is 105 cm³/mol. The van der Waals surface area contributed by atoms with E-state index in [-0.39, 0.29) is 17.7 Å². The molecule has 2 N–H and O–H groups in total. The van der Waals surface area contributed by atoms with Crippen molar-refractivity contribution >= 4 is 23.1 Å². The molecule has 3 aromatic rings. The van der Waals surface area contributed by atoms with Crippen LogP contribution in [0.25, 0.3) is 0 Å². The minimum Gasteiger partial charge on any atom is -0.340 e. The summed E-state index contributed by atoms with van der Waals surface area (Å²) in [7, 11) is 0. The summed E-state index contributed by atoms with van der Waals surface area (Å²) in [6.07, 6.45) is -3.78. The number of benzene rings is 2. The summed E-state index contributed by atoms with van der Waals surface area (Å²) in [5.41, 5.74) is 2.35. The molecule has 4 nitrogen and oxygen atoms in total. The third kappa shape index (κ3) is 4.79. The van der Waals surface area contributed by atoms with E-state index in [0.29, 0.717) is 11.4 Å². The minimum atomic E-state index is -4.57. The quantitative estimate of drug-likeness (QED) is 0.532. The van der Waals surface area contributed by atoms with Crippen LogP contribution < -0.4 is 10.6 Å². The summed E-state index contributed by atoms with van der Waals surface area (Å²) in [5.74, 6) is 0.0486. The first-order valence-corrected chi connectivity index (χ1v) is 8.87. The van der Waals surface area contributed by atoms with Crippen LogP contribution in [0.1, 0.15) is 36.5 Å². The summed E-state index contributed by atoms with van der Waals surface area (Å²) in [6.45, 7) is 5.97. The summed E-state index contributed by atoms with van der Waals surface area (Å²) in [4.78, 5) is 7.92. The van der Waals surface area contributed by atoms with Gasteiger partial charge in [0, 0.05) is 17.6 Å². The highest BCUT2D eigenvalue weighted by atomic mass is 19.4. The summed E-state index contributed by atoms with van der Waals surface area (Å²) in [5, 5.41) is 5.75. The highest BCUT2D eigenvalue weighted by Gasteiger charge is 2.35. The molecule has 7 heteroatoms. The van der Waals surface area contributed by atoms with E-state index in [1.807, 2.05) is 51.1 Å². The van der Waals surface area contributed by atoms with Crippen molar-refractivity contribution in [2.24, 2.45) is 0 Å². The zero-order valence-electron chi connectivity index (χ0n) is 15.8. The fourth-order valence-electron chi connectivity index (χ4n) is 2.71. The number of halogens is 3. The Labute approximate surface area is 161 Å². The molecule has 146 valence electrons. The Morgan fingerprint density at radius 1 is 0.929 bits per heavy atom. The Hall–Kier alpha value is -3.09. The molecule has 3 rings (SSSR count). The van der Waals surface area contributed by atoms with Crippen molar-refractivity contribution in [1.82, 2.24) is 9.97 Å². The number of nitrogens with zero attached hydrogens (tertiary/aromatic N) is 2. The van der Waals surface area contributed by atoms with Gasteiger partial charge >= 0.3 is 6.18 Å². The standard InChI is InChI=1S/C21H21F3N4/c1-13(2)15-7-5-9-17(11-15)26-19-18(21(22,23)24)12-25-20(28-19)27-16-8-4-6-14(3)10-16/h4-13H,1-3H3,(H2,25,26,27,28). The van der Waals surface area contributed by atoms with Crippen LogP contribution in [-0.2, 0) is 6.18 Å². The van der Waals surface area contributed by atoms with Crippen LogP contribution in [0.4, 0.5) is 36.3 Å². The molecule has 0 atom stereocenters. The van der Waals surface area contributed by atoms with Crippen molar-refractivity contribution in [3.63, 3.8) is 0 Å². The lowest BCUT2D eigenvalue weighted by Crippen LogP contribution is -2.12. The van der Waals surface area contributed by atoms with Crippen LogP contribution in [0.5, 0.6) is 0 Å². The molecule has 0 saturated carbocycles. The van der Waals surface area contributed by atoms with Crippen molar-refractivity contribution in [2.75, 3.05) is 10.6 Å². The molecule has 1 aromatic heterocycles. The highest BCUT2D eigenvalue weighted by molar-refractivity contribution is 5.63. The Kier molecular flexibility index (Phi) is 5.53. The second-order valence-corrected chi connectivity index (χ2v) is 6.85. The monoisotopic (exact) mass is 386 g/mol. The van der Waals surface area contributed by atoms with Gasteiger partial charge in [0.05, 0.1) is 0 Å². The Balaban J connectivity index is 1.96. The van der Waals surface area contributed by atoms with Crippen molar-refractivity contribution in [1.29, 1.82) is 0 Å². The lowest BCUT2D eigenvalue weighted by atomic mass is 10.0. The number of aryl methyl sites for hydroxylation is 1. The number of anilines is 4. The fourth-order valence-corrected chi connectivity index (χ4v) is 2.71. The number of alkyl halides is 3. The molecule has 1 heterocycles. The smallest absolute Gasteiger partial charge is 0.340 e. The first-order chi connectivity index (χ1) is 13.2. The summed E-state index contributed by atoms with van der Waals surface area (Å²) >= 11 is 0. The van der Waals surface area contributed by atoms with Gasteiger partial charge in [0.15, 0.2) is 0 Å². The second kappa shape index (κ2) is 7.88. The molecule has 0 fully saturated rings. The Morgan fingerprint density at radius 3 is 2.25 bits per heavy atom. The van der Waals surface area contributed by atoms with Gasteiger partial charge in [-0.15, -0.1) is 0 Å². The molecule has 0 unspecified atom stereocenters. The number of hydrogen-bond donors (Lipinski definition) is 2.